The third kappa shape index (κ3) is 1.49. The molecule has 1 aromatic heterocycles. The quantitative estimate of drug-likeness (QED) is 0.738. The molecule has 3 heterocycles. The Hall–Kier alpha value is -1.66. The van der Waals surface area contributed by atoms with Crippen LogP contribution in [0.25, 0.3) is 0 Å². The van der Waals surface area contributed by atoms with E-state index < -0.39 is 11.6 Å². The van der Waals surface area contributed by atoms with Gasteiger partial charge < -0.3 is 14.8 Å². The molecule has 2 fully saturated rings. The molecule has 0 aliphatic carbocycles. The van der Waals surface area contributed by atoms with Gasteiger partial charge in [-0.15, -0.1) is 0 Å². The van der Waals surface area contributed by atoms with Gasteiger partial charge in [0.05, 0.1) is 12.1 Å². The van der Waals surface area contributed by atoms with E-state index in [2.05, 4.69) is 10.5 Å². The molecule has 2 unspecified atom stereocenters. The minimum Gasteiger partial charge on any atom is -0.465 e. The van der Waals surface area contributed by atoms with E-state index in [1.165, 1.54) is 4.90 Å². The molecule has 0 aromatic carbocycles. The maximum absolute atomic E-state index is 11.0. The highest BCUT2D eigenvalue weighted by Gasteiger charge is 2.53. The molecule has 2 atom stereocenters. The zero-order chi connectivity index (χ0) is 11.9. The summed E-state index contributed by atoms with van der Waals surface area (Å²) in [6, 6.07) is 3.80. The van der Waals surface area contributed by atoms with Crippen molar-refractivity contribution in [1.82, 2.24) is 15.4 Å². The Balaban J connectivity index is 1.97. The SMILES string of the molecule is O=C(O)N1CC2CONC2(c2cccnc2)C1. The molecule has 2 N–H and O–H groups in total. The Morgan fingerprint density at radius 3 is 3.29 bits per heavy atom. The second-order valence-electron chi connectivity index (χ2n) is 4.49. The van der Waals surface area contributed by atoms with Gasteiger partial charge in [-0.2, -0.15) is 5.48 Å². The molecule has 2 aliphatic heterocycles. The minimum atomic E-state index is -0.885. The largest absolute Gasteiger partial charge is 0.465 e. The van der Waals surface area contributed by atoms with Gasteiger partial charge in [0, 0.05) is 31.4 Å². The van der Waals surface area contributed by atoms with Crippen LogP contribution in [0.3, 0.4) is 0 Å². The summed E-state index contributed by atoms with van der Waals surface area (Å²) < 4.78 is 0. The number of amides is 1. The summed E-state index contributed by atoms with van der Waals surface area (Å²) in [6.45, 7) is 1.43. The molecule has 0 saturated carbocycles. The number of rotatable bonds is 1. The van der Waals surface area contributed by atoms with Gasteiger partial charge in [0.15, 0.2) is 0 Å². The summed E-state index contributed by atoms with van der Waals surface area (Å²) in [4.78, 5) is 21.9. The van der Waals surface area contributed by atoms with Crippen molar-refractivity contribution < 1.29 is 14.7 Å². The first-order valence-electron chi connectivity index (χ1n) is 5.50. The number of aromatic nitrogens is 1. The highest BCUT2D eigenvalue weighted by molar-refractivity contribution is 5.66. The molecule has 17 heavy (non-hydrogen) atoms. The zero-order valence-corrected chi connectivity index (χ0v) is 9.17. The first-order chi connectivity index (χ1) is 8.22. The fraction of sp³-hybridized carbons (Fsp3) is 0.455. The van der Waals surface area contributed by atoms with Crippen molar-refractivity contribution in [2.24, 2.45) is 5.92 Å². The summed E-state index contributed by atoms with van der Waals surface area (Å²) in [5.74, 6) is 0.141. The number of likely N-dealkylation sites (tertiary alicyclic amines) is 1. The third-order valence-electron chi connectivity index (χ3n) is 3.56. The Labute approximate surface area is 98.2 Å². The molecule has 6 heteroatoms. The lowest BCUT2D eigenvalue weighted by Gasteiger charge is -2.26. The predicted octanol–water partition coefficient (Wildman–Crippen LogP) is 0.421. The summed E-state index contributed by atoms with van der Waals surface area (Å²) in [5, 5.41) is 9.07. The van der Waals surface area contributed by atoms with Gasteiger partial charge >= 0.3 is 6.09 Å². The Morgan fingerprint density at radius 1 is 1.71 bits per heavy atom. The molecule has 0 radical (unpaired) electrons. The molecule has 0 bridgehead atoms. The maximum atomic E-state index is 11.0. The second kappa shape index (κ2) is 3.68. The van der Waals surface area contributed by atoms with Crippen LogP contribution in [0.4, 0.5) is 4.79 Å². The molecule has 2 saturated heterocycles. The van der Waals surface area contributed by atoms with Crippen LogP contribution in [0.5, 0.6) is 0 Å². The van der Waals surface area contributed by atoms with E-state index in [0.717, 1.165) is 5.56 Å². The molecule has 2 aliphatic rings. The highest BCUT2D eigenvalue weighted by Crippen LogP contribution is 2.40. The Morgan fingerprint density at radius 2 is 2.59 bits per heavy atom. The van der Waals surface area contributed by atoms with Crippen LogP contribution in [0.2, 0.25) is 0 Å². The number of fused-ring (bicyclic) bond motifs is 1. The van der Waals surface area contributed by atoms with E-state index >= 15 is 0 Å². The highest BCUT2D eigenvalue weighted by atomic mass is 16.7. The topological polar surface area (TPSA) is 74.7 Å². The minimum absolute atomic E-state index is 0.141. The second-order valence-corrected chi connectivity index (χ2v) is 4.49. The number of hydrogen-bond donors (Lipinski definition) is 2. The van der Waals surface area contributed by atoms with Gasteiger partial charge in [-0.1, -0.05) is 6.07 Å². The average molecular weight is 235 g/mol. The van der Waals surface area contributed by atoms with Gasteiger partial charge in [0.1, 0.15) is 0 Å². The van der Waals surface area contributed by atoms with Gasteiger partial charge in [-0.3, -0.25) is 4.98 Å². The van der Waals surface area contributed by atoms with Crippen LogP contribution < -0.4 is 5.48 Å². The summed E-state index contributed by atoms with van der Waals surface area (Å²) in [7, 11) is 0. The smallest absolute Gasteiger partial charge is 0.407 e. The summed E-state index contributed by atoms with van der Waals surface area (Å²) in [6.07, 6.45) is 2.58. The zero-order valence-electron chi connectivity index (χ0n) is 9.17. The van der Waals surface area contributed by atoms with Gasteiger partial charge in [0.25, 0.3) is 0 Å². The number of nitrogens with one attached hydrogen (secondary N) is 1. The monoisotopic (exact) mass is 235 g/mol. The number of hydrogen-bond acceptors (Lipinski definition) is 4. The first-order valence-corrected chi connectivity index (χ1v) is 5.50. The Kier molecular flexibility index (Phi) is 2.27. The maximum Gasteiger partial charge on any atom is 0.407 e. The fourth-order valence-electron chi connectivity index (χ4n) is 2.66. The van der Waals surface area contributed by atoms with Crippen LogP contribution in [0.1, 0.15) is 5.56 Å². The van der Waals surface area contributed by atoms with E-state index in [0.29, 0.717) is 19.7 Å². The van der Waals surface area contributed by atoms with Crippen molar-refractivity contribution in [2.75, 3.05) is 19.7 Å². The van der Waals surface area contributed by atoms with Crippen molar-refractivity contribution in [3.63, 3.8) is 0 Å². The van der Waals surface area contributed by atoms with Crippen LogP contribution in [0, 0.1) is 5.92 Å². The predicted molar refractivity (Wildman–Crippen MR) is 58.1 cm³/mol. The first kappa shape index (κ1) is 10.5. The molecular weight excluding hydrogens is 222 g/mol. The van der Waals surface area contributed by atoms with Crippen molar-refractivity contribution >= 4 is 6.09 Å². The third-order valence-corrected chi connectivity index (χ3v) is 3.56. The van der Waals surface area contributed by atoms with Crippen LogP contribution in [0.15, 0.2) is 24.5 Å². The number of carboxylic acid groups (broad SMARTS) is 1. The number of pyridine rings is 1. The molecule has 1 amide bonds. The van der Waals surface area contributed by atoms with Gasteiger partial charge in [-0.05, 0) is 11.6 Å². The van der Waals surface area contributed by atoms with E-state index in [1.807, 2.05) is 12.1 Å². The van der Waals surface area contributed by atoms with Gasteiger partial charge in [-0.25, -0.2) is 4.79 Å². The number of hydroxylamine groups is 1. The van der Waals surface area contributed by atoms with Gasteiger partial charge in [0.2, 0.25) is 0 Å². The molecule has 1 aromatic rings. The lowest BCUT2D eigenvalue weighted by molar-refractivity contribution is 0.0476. The standard InChI is InChI=1S/C11H13N3O3/c15-10(16)14-5-9-6-17-13-11(9,7-14)8-2-1-3-12-4-8/h1-4,9,13H,5-7H2,(H,15,16). The lowest BCUT2D eigenvalue weighted by Crippen LogP contribution is -2.43. The van der Waals surface area contributed by atoms with E-state index in [9.17, 15) is 4.79 Å². The Bertz CT molecular complexity index is 439. The van der Waals surface area contributed by atoms with E-state index in [4.69, 9.17) is 9.94 Å². The number of nitrogens with zero attached hydrogens (tertiary/aromatic N) is 2. The van der Waals surface area contributed by atoms with Crippen LogP contribution >= 0.6 is 0 Å². The van der Waals surface area contributed by atoms with E-state index in [-0.39, 0.29) is 5.92 Å². The van der Waals surface area contributed by atoms with Crippen molar-refractivity contribution in [2.45, 2.75) is 5.54 Å². The van der Waals surface area contributed by atoms with Crippen LogP contribution in [-0.4, -0.2) is 40.8 Å². The molecular formula is C11H13N3O3. The number of carbonyl (C=O) groups is 1. The molecule has 3 rings (SSSR count). The summed E-state index contributed by atoms with van der Waals surface area (Å²) in [5.41, 5.74) is 3.53. The van der Waals surface area contributed by atoms with Crippen molar-refractivity contribution in [1.29, 1.82) is 0 Å². The molecule has 90 valence electrons. The lowest BCUT2D eigenvalue weighted by atomic mass is 9.83. The average Bonchev–Trinajstić information content (AvgIpc) is 2.87. The molecule has 0 spiro atoms. The van der Waals surface area contributed by atoms with Crippen LogP contribution in [-0.2, 0) is 10.4 Å². The summed E-state index contributed by atoms with van der Waals surface area (Å²) >= 11 is 0. The van der Waals surface area contributed by atoms with Crippen molar-refractivity contribution in [3.05, 3.63) is 30.1 Å². The normalized spacial score (nSPS) is 31.5. The van der Waals surface area contributed by atoms with E-state index in [1.54, 1.807) is 12.4 Å². The molecule has 6 nitrogen and oxygen atoms in total. The fourth-order valence-corrected chi connectivity index (χ4v) is 2.66. The van der Waals surface area contributed by atoms with Crippen molar-refractivity contribution in [3.8, 4) is 0 Å².